The number of nitrogens with one attached hydrogen (secondary N) is 2. The van der Waals surface area contributed by atoms with E-state index in [4.69, 9.17) is 19.4 Å². The molecule has 46 heavy (non-hydrogen) atoms. The van der Waals surface area contributed by atoms with Gasteiger partial charge in [-0.15, -0.1) is 0 Å². The van der Waals surface area contributed by atoms with Crippen molar-refractivity contribution in [3.8, 4) is 0 Å². The quantitative estimate of drug-likeness (QED) is 0.210. The Balaban J connectivity index is 2.02. The predicted octanol–water partition coefficient (Wildman–Crippen LogP) is 6.64. The Morgan fingerprint density at radius 2 is 1.30 bits per heavy atom. The molecule has 238 valence electrons. The van der Waals surface area contributed by atoms with E-state index >= 15 is 0 Å². The highest BCUT2D eigenvalue weighted by Crippen LogP contribution is 2.37. The predicted molar refractivity (Wildman–Crippen MR) is 178 cm³/mol. The van der Waals surface area contributed by atoms with Crippen LogP contribution in [0.15, 0.2) is 24.2 Å². The minimum absolute atomic E-state index is 0.00695. The van der Waals surface area contributed by atoms with Crippen LogP contribution in [0.5, 0.6) is 0 Å². The van der Waals surface area contributed by atoms with Crippen LogP contribution in [-0.4, -0.2) is 57.7 Å². The molecule has 0 spiro atoms. The monoisotopic (exact) mass is 624 g/mol. The zero-order valence-corrected chi connectivity index (χ0v) is 27.3. The van der Waals surface area contributed by atoms with Gasteiger partial charge in [0, 0.05) is 40.5 Å². The maximum absolute atomic E-state index is 13.0. The molecule has 0 atom stereocenters. The number of rotatable bonds is 8. The number of fused-ring (bicyclic) bond motifs is 8. The van der Waals surface area contributed by atoms with E-state index < -0.39 is 11.9 Å². The number of hydrogen-bond donors (Lipinski definition) is 2. The number of carbonyl (C=O) groups excluding carboxylic acids is 4. The van der Waals surface area contributed by atoms with Gasteiger partial charge < -0.3 is 19.4 Å². The number of hydrogen-bond acceptors (Lipinski definition) is 8. The number of methoxy groups -OCH3 is 2. The number of aryl methyl sites for hydroxylation is 3. The summed E-state index contributed by atoms with van der Waals surface area (Å²) in [5, 5.41) is 0. The normalized spacial score (nSPS) is 13.5. The molecule has 0 fully saturated rings. The van der Waals surface area contributed by atoms with E-state index in [2.05, 4.69) is 9.97 Å². The third-order valence-electron chi connectivity index (χ3n) is 8.64. The Morgan fingerprint density at radius 1 is 0.696 bits per heavy atom. The van der Waals surface area contributed by atoms with Crippen molar-refractivity contribution in [2.45, 2.75) is 67.2 Å². The van der Waals surface area contributed by atoms with Crippen molar-refractivity contribution in [3.63, 3.8) is 0 Å². The zero-order chi connectivity index (χ0) is 35.2. The van der Waals surface area contributed by atoms with Crippen LogP contribution in [0.1, 0.15) is 99.5 Å². The molecule has 8 bridgehead atoms. The molecule has 5 rings (SSSR count). The minimum atomic E-state index is -0.429. The SMILES string of the molecule is [2H]c1c2nc(cc3nc(cc4[nH]c(c(C(C)=O)c4C)c([2H])c4[nH]c1c(CCC(=O)OC)c4C)C(C(C)=O)=C3C)C(C)=C2CCC(=O)OC. The van der Waals surface area contributed by atoms with Crippen LogP contribution in [0.4, 0.5) is 0 Å². The fourth-order valence-electron chi connectivity index (χ4n) is 6.07. The van der Waals surface area contributed by atoms with Gasteiger partial charge in [0.1, 0.15) is 0 Å². The molecule has 0 saturated carbocycles. The van der Waals surface area contributed by atoms with Crippen LogP contribution in [0.2, 0.25) is 0 Å². The summed E-state index contributed by atoms with van der Waals surface area (Å²) in [6.07, 6.45) is 0.548. The Kier molecular flexibility index (Phi) is 8.17. The number of allylic oxidation sites excluding steroid dienone is 4. The van der Waals surface area contributed by atoms with Gasteiger partial charge in [-0.25, -0.2) is 9.97 Å². The van der Waals surface area contributed by atoms with E-state index in [1.54, 1.807) is 32.9 Å². The molecule has 0 amide bonds. The third-order valence-corrected chi connectivity index (χ3v) is 8.64. The number of nitrogens with zero attached hydrogens (tertiary/aromatic N) is 2. The second-order valence-corrected chi connectivity index (χ2v) is 11.5. The van der Waals surface area contributed by atoms with Crippen molar-refractivity contribution in [1.82, 2.24) is 19.9 Å². The first-order valence-electron chi connectivity index (χ1n) is 16.0. The second-order valence-electron chi connectivity index (χ2n) is 11.5. The first-order valence-corrected chi connectivity index (χ1v) is 15.0. The average Bonchev–Trinajstić information content (AvgIpc) is 3.74. The smallest absolute Gasteiger partial charge is 0.305 e. The number of aromatic nitrogens is 4. The molecule has 10 heteroatoms. The molecule has 2 aliphatic rings. The summed E-state index contributed by atoms with van der Waals surface area (Å²) in [7, 11) is 2.62. The van der Waals surface area contributed by atoms with Crippen LogP contribution >= 0.6 is 0 Å². The molecular formula is C36H38N4O6. The van der Waals surface area contributed by atoms with Crippen LogP contribution in [0.25, 0.3) is 44.4 Å². The zero-order valence-electron chi connectivity index (χ0n) is 29.3. The Bertz CT molecular complexity index is 2170. The van der Waals surface area contributed by atoms with E-state index in [0.29, 0.717) is 78.3 Å². The molecule has 2 aliphatic heterocycles. The van der Waals surface area contributed by atoms with Crippen molar-refractivity contribution in [3.05, 3.63) is 69.2 Å². The average molecular weight is 625 g/mol. The lowest BCUT2D eigenvalue weighted by molar-refractivity contribution is -0.141. The summed E-state index contributed by atoms with van der Waals surface area (Å²) in [5.41, 5.74) is 7.90. The van der Waals surface area contributed by atoms with E-state index in [0.717, 1.165) is 5.57 Å². The van der Waals surface area contributed by atoms with Crippen molar-refractivity contribution < 1.29 is 31.4 Å². The van der Waals surface area contributed by atoms with Crippen molar-refractivity contribution in [2.24, 2.45) is 0 Å². The van der Waals surface area contributed by atoms with Crippen molar-refractivity contribution in [1.29, 1.82) is 0 Å². The first-order chi connectivity index (χ1) is 22.7. The Labute approximate surface area is 269 Å². The van der Waals surface area contributed by atoms with Crippen LogP contribution in [0, 0.1) is 13.8 Å². The number of ketones is 2. The molecule has 3 aromatic heterocycles. The number of esters is 2. The molecule has 0 aromatic carbocycles. The lowest BCUT2D eigenvalue weighted by Gasteiger charge is -2.04. The third kappa shape index (κ3) is 5.94. The van der Waals surface area contributed by atoms with Gasteiger partial charge in [0.2, 0.25) is 0 Å². The number of ether oxygens (including phenoxy) is 2. The topological polar surface area (TPSA) is 144 Å². The summed E-state index contributed by atoms with van der Waals surface area (Å²) in [4.78, 5) is 66.6. The van der Waals surface area contributed by atoms with Crippen LogP contribution in [0.3, 0.4) is 0 Å². The minimum Gasteiger partial charge on any atom is -0.469 e. The number of H-pyrrole nitrogens is 2. The lowest BCUT2D eigenvalue weighted by atomic mass is 9.99. The summed E-state index contributed by atoms with van der Waals surface area (Å²) in [6, 6.07) is 3.48. The molecule has 0 radical (unpaired) electrons. The van der Waals surface area contributed by atoms with Gasteiger partial charge >= 0.3 is 11.9 Å². The highest BCUT2D eigenvalue weighted by molar-refractivity contribution is 6.27. The number of aromatic amines is 2. The van der Waals surface area contributed by atoms with Crippen LogP contribution in [-0.2, 0) is 30.3 Å². The van der Waals surface area contributed by atoms with Gasteiger partial charge in [-0.2, -0.15) is 0 Å². The van der Waals surface area contributed by atoms with Gasteiger partial charge in [-0.05, 0) is 112 Å². The molecule has 3 aromatic rings. The van der Waals surface area contributed by atoms with Crippen molar-refractivity contribution in [2.75, 3.05) is 14.2 Å². The van der Waals surface area contributed by atoms with Gasteiger partial charge in [0.25, 0.3) is 0 Å². The molecule has 5 heterocycles. The molecular weight excluding hydrogens is 584 g/mol. The van der Waals surface area contributed by atoms with E-state index in [-0.39, 0.29) is 54.9 Å². The standard InChI is InChI=1S/C36H38N4O6/c1-17-23(9-11-33(43)45-7)29-16-30-24(10-12-34(44)46-8)18(2)26(38-30)14-31-36(22(6)42)20(4)28(40-31)15-32-35(21(5)41)19(3)27(39-32)13-25(17)37-29/h13-16,38,40H,9-12H2,1-8H3/i14D,16D. The van der Waals surface area contributed by atoms with E-state index in [1.165, 1.54) is 28.1 Å². The Morgan fingerprint density at radius 3 is 1.93 bits per heavy atom. The van der Waals surface area contributed by atoms with Gasteiger partial charge in [-0.1, -0.05) is 0 Å². The number of Topliss-reactive ketones (excluding diaryl/α,β-unsaturated/α-hetero) is 2. The molecule has 0 unspecified atom stereocenters. The van der Waals surface area contributed by atoms with Gasteiger partial charge in [-0.3, -0.25) is 19.2 Å². The number of carbonyl (C=O) groups is 4. The summed E-state index contributed by atoms with van der Waals surface area (Å²) in [5.74, 6) is -1.28. The first kappa shape index (κ1) is 29.6. The molecule has 0 aliphatic carbocycles. The van der Waals surface area contributed by atoms with E-state index in [1.807, 2.05) is 6.92 Å². The molecule has 2 N–H and O–H groups in total. The lowest BCUT2D eigenvalue weighted by Crippen LogP contribution is -2.02. The molecule has 0 saturated heterocycles. The maximum atomic E-state index is 13.0. The van der Waals surface area contributed by atoms with Gasteiger partial charge in [0.05, 0.1) is 45.3 Å². The summed E-state index contributed by atoms with van der Waals surface area (Å²) >= 11 is 0. The van der Waals surface area contributed by atoms with Gasteiger partial charge in [0.15, 0.2) is 11.6 Å². The molecule has 10 nitrogen and oxygen atoms in total. The van der Waals surface area contributed by atoms with Crippen LogP contribution < -0.4 is 0 Å². The highest BCUT2D eigenvalue weighted by atomic mass is 16.5. The fraction of sp³-hybridized carbons (Fsp3) is 0.333. The fourth-order valence-corrected chi connectivity index (χ4v) is 6.07. The highest BCUT2D eigenvalue weighted by Gasteiger charge is 2.24. The Hall–Kier alpha value is -5.12. The summed E-state index contributed by atoms with van der Waals surface area (Å²) in [6.45, 7) is 10.1. The largest absolute Gasteiger partial charge is 0.469 e. The summed E-state index contributed by atoms with van der Waals surface area (Å²) < 4.78 is 28.6. The second kappa shape index (κ2) is 12.7. The van der Waals surface area contributed by atoms with Crippen molar-refractivity contribution >= 4 is 67.9 Å². The van der Waals surface area contributed by atoms with E-state index in [9.17, 15) is 21.9 Å². The maximum Gasteiger partial charge on any atom is 0.305 e.